The van der Waals surface area contributed by atoms with E-state index >= 15 is 0 Å². The number of fused-ring (bicyclic) bond motifs is 2. The molecule has 2 aliphatic carbocycles. The molecule has 0 saturated heterocycles. The number of nitrogens with two attached hydrogens (primary N) is 1. The Morgan fingerprint density at radius 1 is 0.628 bits per heavy atom. The highest BCUT2D eigenvalue weighted by Gasteiger charge is 2.40. The predicted octanol–water partition coefficient (Wildman–Crippen LogP) is 11.5. The molecule has 2 aliphatic rings. The quantitative estimate of drug-likeness (QED) is 0.0607. The van der Waals surface area contributed by atoms with E-state index in [1.165, 1.54) is 34.5 Å². The Bertz CT molecular complexity index is 3140. The molecule has 2 amide bonds. The first-order valence-electron chi connectivity index (χ1n) is 24.1. The Morgan fingerprint density at radius 2 is 1.01 bits per heavy atom. The first-order valence-corrected chi connectivity index (χ1v) is 26.0. The Balaban J connectivity index is 0.000000262. The van der Waals surface area contributed by atoms with E-state index in [1.54, 1.807) is 62.5 Å². The number of carbonyl (C=O) groups is 4. The molecule has 6 aromatic rings. The predicted molar refractivity (Wildman–Crippen MR) is 313 cm³/mol. The van der Waals surface area contributed by atoms with Crippen LogP contribution in [0.4, 0.5) is 11.9 Å². The Kier molecular flexibility index (Phi) is 22.3. The van der Waals surface area contributed by atoms with Gasteiger partial charge in [0.1, 0.15) is 23.0 Å². The van der Waals surface area contributed by atoms with Crippen molar-refractivity contribution in [3.63, 3.8) is 0 Å². The highest BCUT2D eigenvalue weighted by molar-refractivity contribution is 6.66. The summed E-state index contributed by atoms with van der Waals surface area (Å²) in [5.41, 5.74) is 10.5. The highest BCUT2D eigenvalue weighted by atomic mass is 35.5. The van der Waals surface area contributed by atoms with Gasteiger partial charge in [-0.25, -0.2) is 19.9 Å². The minimum atomic E-state index is -0.509. The van der Waals surface area contributed by atoms with Crippen molar-refractivity contribution in [2.75, 3.05) is 67.3 Å². The molecule has 4 N–H and O–H groups in total. The average Bonchev–Trinajstić information content (AvgIpc) is 4.01. The van der Waals surface area contributed by atoms with E-state index in [0.717, 1.165) is 33.5 Å². The molecule has 17 nitrogen and oxygen atoms in total. The number of methoxy groups -OCH3 is 4. The number of benzene rings is 4. The molecule has 0 bridgehead atoms. The minimum absolute atomic E-state index is 0. The van der Waals surface area contributed by atoms with Crippen LogP contribution in [0.15, 0.2) is 86.2 Å². The number of hydrogen-bond donors (Lipinski definition) is 3. The third kappa shape index (κ3) is 14.6. The number of ketones is 1. The number of anilines is 2. The number of amides is 2. The number of halogens is 5. The maximum absolute atomic E-state index is 12.6. The summed E-state index contributed by atoms with van der Waals surface area (Å²) in [4.78, 5) is 68.0. The number of carbonyl (C=O) groups excluding carboxylic acids is 4. The van der Waals surface area contributed by atoms with Gasteiger partial charge in [0, 0.05) is 111 Å². The Labute approximate surface area is 479 Å². The van der Waals surface area contributed by atoms with Crippen molar-refractivity contribution in [2.24, 2.45) is 23.5 Å². The van der Waals surface area contributed by atoms with Crippen LogP contribution in [0.3, 0.4) is 0 Å². The SMILES string of the molecule is C.C=CC(=O)CC1C[C@H](C(=O)N(C)C)CC1Nc1ncc2cc(-c3c(Cl)c(OC)cc(OC)c3Cl)ccc2n1.C=CC(=O)Cl.COc1cc(OC)c(Cl)c(-c2ccc3nc(NC4C[C@@H](C(=O)N(C)C)CC4N)ncc3c2)c1Cl. The van der Waals surface area contributed by atoms with Gasteiger partial charge >= 0.3 is 0 Å². The molecule has 8 rings (SSSR count). The molecular formula is C56H64Cl5N9O8. The van der Waals surface area contributed by atoms with Crippen LogP contribution in [0.2, 0.25) is 20.1 Å². The fourth-order valence-corrected chi connectivity index (χ4v) is 10.8. The maximum Gasteiger partial charge on any atom is 0.244 e. The van der Waals surface area contributed by atoms with Crippen LogP contribution in [0.1, 0.15) is 39.5 Å². The third-order valence-corrected chi connectivity index (χ3v) is 14.9. The van der Waals surface area contributed by atoms with E-state index in [1.807, 2.05) is 36.4 Å². The van der Waals surface area contributed by atoms with Gasteiger partial charge in [-0.3, -0.25) is 19.2 Å². The van der Waals surface area contributed by atoms with Crippen molar-refractivity contribution >= 4 is 115 Å². The zero-order valence-electron chi connectivity index (χ0n) is 43.8. The second kappa shape index (κ2) is 27.9. The second-order valence-corrected chi connectivity index (χ2v) is 20.5. The summed E-state index contributed by atoms with van der Waals surface area (Å²) in [5, 5.41) is 9.31. The van der Waals surface area contributed by atoms with Gasteiger partial charge in [0.25, 0.3) is 0 Å². The second-order valence-electron chi connectivity index (χ2n) is 18.6. The summed E-state index contributed by atoms with van der Waals surface area (Å²) in [7, 11) is 13.1. The van der Waals surface area contributed by atoms with Gasteiger partial charge in [-0.1, -0.05) is 79.1 Å². The molecule has 78 heavy (non-hydrogen) atoms. The number of nitrogens with one attached hydrogen (secondary N) is 2. The molecule has 6 atom stereocenters. The van der Waals surface area contributed by atoms with Crippen molar-refractivity contribution in [2.45, 2.75) is 57.7 Å². The van der Waals surface area contributed by atoms with E-state index < -0.39 is 5.24 Å². The Hall–Kier alpha value is -6.47. The van der Waals surface area contributed by atoms with E-state index in [4.69, 9.17) is 82.7 Å². The molecule has 22 heteroatoms. The van der Waals surface area contributed by atoms with E-state index in [9.17, 15) is 19.2 Å². The number of allylic oxidation sites excluding steroid dienone is 2. The lowest BCUT2D eigenvalue weighted by Gasteiger charge is -2.20. The number of rotatable bonds is 16. The van der Waals surface area contributed by atoms with Gasteiger partial charge in [-0.2, -0.15) is 0 Å². The summed E-state index contributed by atoms with van der Waals surface area (Å²) in [6, 6.07) is 14.3. The first-order chi connectivity index (χ1) is 36.7. The standard InChI is InChI=1S/C28H30Cl2N4O4.C24H27Cl2N5O3.C3H3ClO.CH4/c1-6-19(35)11-16-10-17(27(36)34(2)3)12-21(16)33-28-31-14-18-9-15(7-8-20(18)32-28)24-25(29)22(37-4)13-23(38-5)26(24)30;1-31(2)23(32)13-8-15(27)17(9-13)30-24-28-11-14-7-12(5-6-16(14)29-24)20-21(25)18(33-3)10-19(34-4)22(20)26;1-2-3(4)5;/h6-9,13-14,16-17,21H,1,10-12H2,2-5H3,(H,31,32,33);5-7,10-11,13,15,17H,8-9,27H2,1-4H3,(H,28,29,30);2H,1H2;1H4/t16?,17-,21?;13-,15?,17?;;/m00../s1. The van der Waals surface area contributed by atoms with E-state index in [2.05, 4.69) is 43.7 Å². The van der Waals surface area contributed by atoms with Crippen LogP contribution in [0.5, 0.6) is 23.0 Å². The van der Waals surface area contributed by atoms with Crippen molar-refractivity contribution in [3.8, 4) is 45.3 Å². The van der Waals surface area contributed by atoms with E-state index in [-0.39, 0.29) is 60.9 Å². The Morgan fingerprint density at radius 3 is 1.38 bits per heavy atom. The lowest BCUT2D eigenvalue weighted by Crippen LogP contribution is -2.35. The molecule has 0 radical (unpaired) electrons. The summed E-state index contributed by atoms with van der Waals surface area (Å²) in [6.07, 6.45) is 8.65. The summed E-state index contributed by atoms with van der Waals surface area (Å²) in [6.45, 7) is 6.67. The van der Waals surface area contributed by atoms with Gasteiger partial charge in [0.2, 0.25) is 29.0 Å². The lowest BCUT2D eigenvalue weighted by molar-refractivity contribution is -0.133. The van der Waals surface area contributed by atoms with Gasteiger partial charge < -0.3 is 45.1 Å². The van der Waals surface area contributed by atoms with Crippen molar-refractivity contribution < 1.29 is 38.1 Å². The van der Waals surface area contributed by atoms with Gasteiger partial charge in [0.15, 0.2) is 5.78 Å². The van der Waals surface area contributed by atoms with Crippen LogP contribution >= 0.6 is 58.0 Å². The van der Waals surface area contributed by atoms with Gasteiger partial charge in [-0.05, 0) is 90.7 Å². The zero-order chi connectivity index (χ0) is 56.4. The zero-order valence-corrected chi connectivity index (χ0v) is 47.5. The van der Waals surface area contributed by atoms with Crippen LogP contribution in [0, 0.1) is 17.8 Å². The summed E-state index contributed by atoms with van der Waals surface area (Å²) in [5.74, 6) is 2.56. The molecule has 0 spiro atoms. The fraction of sp³-hybridized carbons (Fsp3) is 0.357. The molecule has 2 saturated carbocycles. The van der Waals surface area contributed by atoms with Gasteiger partial charge in [0.05, 0.1) is 59.6 Å². The van der Waals surface area contributed by atoms with Crippen LogP contribution in [-0.2, 0) is 19.2 Å². The van der Waals surface area contributed by atoms with Crippen molar-refractivity contribution in [1.82, 2.24) is 29.7 Å². The molecule has 2 fully saturated rings. The first kappa shape index (κ1) is 62.4. The topological polar surface area (TPSA) is 213 Å². The molecule has 4 unspecified atom stereocenters. The largest absolute Gasteiger partial charge is 0.495 e. The summed E-state index contributed by atoms with van der Waals surface area (Å²) >= 11 is 31.0. The molecule has 416 valence electrons. The number of nitrogens with zero attached hydrogens (tertiary/aromatic N) is 6. The number of aromatic nitrogens is 4. The molecular weight excluding hydrogens is 1100 g/mol. The average molecular weight is 1170 g/mol. The number of hydrogen-bond acceptors (Lipinski definition) is 15. The van der Waals surface area contributed by atoms with Gasteiger partial charge in [-0.15, -0.1) is 0 Å². The molecule has 2 heterocycles. The highest BCUT2D eigenvalue weighted by Crippen LogP contribution is 2.48. The molecule has 2 aromatic heterocycles. The maximum atomic E-state index is 12.6. The van der Waals surface area contributed by atoms with Crippen molar-refractivity contribution in [1.29, 1.82) is 0 Å². The van der Waals surface area contributed by atoms with Crippen LogP contribution in [0.25, 0.3) is 44.1 Å². The smallest absolute Gasteiger partial charge is 0.244 e. The van der Waals surface area contributed by atoms with Crippen molar-refractivity contribution in [3.05, 3.63) is 106 Å². The van der Waals surface area contributed by atoms with E-state index in [0.29, 0.717) is 104 Å². The molecule has 0 aliphatic heterocycles. The van der Waals surface area contributed by atoms with Crippen LogP contribution in [-0.4, -0.2) is 127 Å². The summed E-state index contributed by atoms with van der Waals surface area (Å²) < 4.78 is 21.5. The lowest BCUT2D eigenvalue weighted by atomic mass is 9.96. The monoisotopic (exact) mass is 1170 g/mol. The molecule has 4 aromatic carbocycles. The number of ether oxygens (including phenoxy) is 4. The minimum Gasteiger partial charge on any atom is -0.495 e. The van der Waals surface area contributed by atoms with Crippen LogP contribution < -0.4 is 35.3 Å². The third-order valence-electron chi connectivity index (χ3n) is 13.3. The normalized spacial score (nSPS) is 18.2. The fourth-order valence-electron chi connectivity index (χ4n) is 9.37.